The predicted molar refractivity (Wildman–Crippen MR) is 98.5 cm³/mol. The Bertz CT molecular complexity index is 1090. The molecule has 27 heavy (non-hydrogen) atoms. The first-order valence-corrected chi connectivity index (χ1v) is 10.0. The first-order chi connectivity index (χ1) is 12.9. The van der Waals surface area contributed by atoms with E-state index in [-0.39, 0.29) is 16.5 Å². The summed E-state index contributed by atoms with van der Waals surface area (Å²) in [5.74, 6) is -0.0380. The van der Waals surface area contributed by atoms with Crippen LogP contribution in [0, 0.1) is 19.7 Å². The lowest BCUT2D eigenvalue weighted by atomic mass is 10.1. The van der Waals surface area contributed by atoms with Crippen molar-refractivity contribution in [3.8, 4) is 11.3 Å². The zero-order valence-corrected chi connectivity index (χ0v) is 15.8. The third-order valence-corrected chi connectivity index (χ3v) is 6.71. The van der Waals surface area contributed by atoms with E-state index in [0.29, 0.717) is 42.2 Å². The summed E-state index contributed by atoms with van der Waals surface area (Å²) in [5.41, 5.74) is 3.08. The van der Waals surface area contributed by atoms with Gasteiger partial charge in [0.1, 0.15) is 11.5 Å². The molecule has 0 unspecified atom stereocenters. The van der Waals surface area contributed by atoms with Crippen molar-refractivity contribution in [1.29, 1.82) is 0 Å². The highest BCUT2D eigenvalue weighted by molar-refractivity contribution is 7.93. The molecule has 3 heterocycles. The van der Waals surface area contributed by atoms with Crippen molar-refractivity contribution in [3.05, 3.63) is 59.4 Å². The van der Waals surface area contributed by atoms with Crippen molar-refractivity contribution in [3.63, 3.8) is 0 Å². The van der Waals surface area contributed by atoms with E-state index in [0.717, 1.165) is 5.56 Å². The second-order valence-corrected chi connectivity index (χ2v) is 8.30. The fourth-order valence-electron chi connectivity index (χ4n) is 3.40. The van der Waals surface area contributed by atoms with Crippen LogP contribution in [0.2, 0.25) is 0 Å². The Balaban J connectivity index is 1.77. The van der Waals surface area contributed by atoms with Crippen LogP contribution in [0.1, 0.15) is 23.6 Å². The van der Waals surface area contributed by atoms with Crippen LogP contribution >= 0.6 is 0 Å². The molecule has 0 bridgehead atoms. The number of benzene rings is 1. The summed E-state index contributed by atoms with van der Waals surface area (Å²) in [5, 5.41) is 3.77. The Hall–Kier alpha value is -2.74. The van der Waals surface area contributed by atoms with Crippen LogP contribution in [-0.4, -0.2) is 25.1 Å². The number of sulfonamides is 1. The van der Waals surface area contributed by atoms with Gasteiger partial charge in [0.15, 0.2) is 10.7 Å². The van der Waals surface area contributed by atoms with Crippen LogP contribution in [0.3, 0.4) is 0 Å². The Morgan fingerprint density at radius 1 is 1.11 bits per heavy atom. The standard InChI is InChI=1S/C19H18FN3O3S/c1-12-19(13(2)26-22-12)27(24,25)23-11-3-4-17-18(23)10-9-16(21-17)14-5-7-15(20)8-6-14/h5-10H,3-4,11H2,1-2H3. The number of hydrogen-bond acceptors (Lipinski definition) is 5. The van der Waals surface area contributed by atoms with E-state index in [2.05, 4.69) is 10.1 Å². The Morgan fingerprint density at radius 2 is 1.85 bits per heavy atom. The maximum absolute atomic E-state index is 13.2. The van der Waals surface area contributed by atoms with E-state index in [9.17, 15) is 12.8 Å². The van der Waals surface area contributed by atoms with Gasteiger partial charge in [0.05, 0.1) is 17.1 Å². The van der Waals surface area contributed by atoms with Crippen molar-refractivity contribution in [2.45, 2.75) is 31.6 Å². The number of fused-ring (bicyclic) bond motifs is 1. The lowest BCUT2D eigenvalue weighted by molar-refractivity contribution is 0.390. The number of halogens is 1. The van der Waals surface area contributed by atoms with Gasteiger partial charge in [-0.1, -0.05) is 5.16 Å². The van der Waals surface area contributed by atoms with Crippen molar-refractivity contribution in [2.24, 2.45) is 0 Å². The molecule has 0 N–H and O–H groups in total. The summed E-state index contributed by atoms with van der Waals surface area (Å²) in [4.78, 5) is 4.74. The predicted octanol–water partition coefficient (Wildman–Crippen LogP) is 3.63. The summed E-state index contributed by atoms with van der Waals surface area (Å²) in [6.07, 6.45) is 1.34. The van der Waals surface area contributed by atoms with Crippen LogP contribution < -0.4 is 4.31 Å². The summed E-state index contributed by atoms with van der Waals surface area (Å²) in [6, 6.07) is 9.59. The van der Waals surface area contributed by atoms with Crippen LogP contribution in [0.15, 0.2) is 45.8 Å². The molecule has 1 aromatic carbocycles. The smallest absolute Gasteiger partial charge is 0.269 e. The number of anilines is 1. The van der Waals surface area contributed by atoms with Gasteiger partial charge >= 0.3 is 0 Å². The van der Waals surface area contributed by atoms with E-state index in [1.54, 1.807) is 38.1 Å². The summed E-state index contributed by atoms with van der Waals surface area (Å²) in [6.45, 7) is 3.58. The maximum atomic E-state index is 13.2. The Kier molecular flexibility index (Phi) is 4.22. The lowest BCUT2D eigenvalue weighted by Gasteiger charge is -2.30. The normalized spacial score (nSPS) is 14.3. The fraction of sp³-hybridized carbons (Fsp3) is 0.263. The van der Waals surface area contributed by atoms with Crippen LogP contribution in [0.4, 0.5) is 10.1 Å². The van der Waals surface area contributed by atoms with Crippen molar-refractivity contribution in [1.82, 2.24) is 10.1 Å². The molecule has 1 aliphatic heterocycles. The summed E-state index contributed by atoms with van der Waals surface area (Å²) >= 11 is 0. The highest BCUT2D eigenvalue weighted by Gasteiger charge is 2.34. The Labute approximate surface area is 156 Å². The second-order valence-electron chi connectivity index (χ2n) is 6.50. The fourth-order valence-corrected chi connectivity index (χ4v) is 5.23. The topological polar surface area (TPSA) is 76.3 Å². The van der Waals surface area contributed by atoms with E-state index in [1.807, 2.05) is 0 Å². The molecule has 0 aliphatic carbocycles. The monoisotopic (exact) mass is 387 g/mol. The number of aromatic nitrogens is 2. The number of hydrogen-bond donors (Lipinski definition) is 0. The van der Waals surface area contributed by atoms with E-state index < -0.39 is 10.0 Å². The van der Waals surface area contributed by atoms with Gasteiger partial charge in [-0.2, -0.15) is 0 Å². The van der Waals surface area contributed by atoms with Crippen LogP contribution in [0.5, 0.6) is 0 Å². The molecule has 2 aromatic heterocycles. The van der Waals surface area contributed by atoms with Gasteiger partial charge in [-0.15, -0.1) is 0 Å². The molecule has 0 amide bonds. The van der Waals surface area contributed by atoms with E-state index in [1.165, 1.54) is 16.4 Å². The molecule has 0 saturated heterocycles. The third-order valence-electron chi connectivity index (χ3n) is 4.65. The number of pyridine rings is 1. The molecule has 3 aromatic rings. The molecule has 140 valence electrons. The SMILES string of the molecule is Cc1noc(C)c1S(=O)(=O)N1CCCc2nc(-c3ccc(F)cc3)ccc21. The molecule has 0 radical (unpaired) electrons. The third kappa shape index (κ3) is 2.99. The van der Waals surface area contributed by atoms with Gasteiger partial charge in [-0.05, 0) is 63.1 Å². The minimum atomic E-state index is -3.79. The Morgan fingerprint density at radius 3 is 2.52 bits per heavy atom. The zero-order valence-electron chi connectivity index (χ0n) is 14.9. The molecule has 8 heteroatoms. The molecule has 1 aliphatic rings. The minimum Gasteiger partial charge on any atom is -0.360 e. The molecule has 0 atom stereocenters. The average molecular weight is 387 g/mol. The highest BCUT2D eigenvalue weighted by atomic mass is 32.2. The first kappa shape index (κ1) is 17.7. The van der Waals surface area contributed by atoms with Crippen LogP contribution in [-0.2, 0) is 16.4 Å². The van der Waals surface area contributed by atoms with Gasteiger partial charge in [-0.3, -0.25) is 9.29 Å². The summed E-state index contributed by atoms with van der Waals surface area (Å²) in [7, 11) is -3.79. The van der Waals surface area contributed by atoms with Crippen molar-refractivity contribution in [2.75, 3.05) is 10.8 Å². The minimum absolute atomic E-state index is 0.109. The lowest BCUT2D eigenvalue weighted by Crippen LogP contribution is -2.36. The van der Waals surface area contributed by atoms with Gasteiger partial charge in [-0.25, -0.2) is 12.8 Å². The van der Waals surface area contributed by atoms with Crippen molar-refractivity contribution < 1.29 is 17.3 Å². The molecular weight excluding hydrogens is 369 g/mol. The quantitative estimate of drug-likeness (QED) is 0.686. The first-order valence-electron chi connectivity index (χ1n) is 8.59. The molecule has 0 spiro atoms. The largest absolute Gasteiger partial charge is 0.360 e. The molecule has 6 nitrogen and oxygen atoms in total. The maximum Gasteiger partial charge on any atom is 0.269 e. The number of nitrogens with zero attached hydrogens (tertiary/aromatic N) is 3. The van der Waals surface area contributed by atoms with Crippen LogP contribution in [0.25, 0.3) is 11.3 Å². The molecule has 4 rings (SSSR count). The van der Waals surface area contributed by atoms with Gasteiger partial charge in [0.2, 0.25) is 0 Å². The zero-order chi connectivity index (χ0) is 19.2. The highest BCUT2D eigenvalue weighted by Crippen LogP contribution is 2.34. The second kappa shape index (κ2) is 6.45. The summed E-state index contributed by atoms with van der Waals surface area (Å²) < 4.78 is 46.0. The van der Waals surface area contributed by atoms with Gasteiger partial charge < -0.3 is 4.52 Å². The average Bonchev–Trinajstić information content (AvgIpc) is 3.00. The van der Waals surface area contributed by atoms with E-state index in [4.69, 9.17) is 4.52 Å². The van der Waals surface area contributed by atoms with Gasteiger partial charge in [0, 0.05) is 12.1 Å². The number of aryl methyl sites for hydroxylation is 3. The van der Waals surface area contributed by atoms with Crippen molar-refractivity contribution >= 4 is 15.7 Å². The van der Waals surface area contributed by atoms with E-state index >= 15 is 0 Å². The van der Waals surface area contributed by atoms with Gasteiger partial charge in [0.25, 0.3) is 10.0 Å². The molecule has 0 fully saturated rings. The number of rotatable bonds is 3. The molecule has 0 saturated carbocycles. The molecular formula is C19H18FN3O3S.